The monoisotopic (exact) mass is 450 g/mol. The molecule has 34 heavy (non-hydrogen) atoms. The highest BCUT2D eigenvalue weighted by atomic mass is 16.4. The average Bonchev–Trinajstić information content (AvgIpc) is 2.87. The van der Waals surface area contributed by atoms with E-state index in [2.05, 4.69) is 15.2 Å². The van der Waals surface area contributed by atoms with Crippen molar-refractivity contribution in [3.63, 3.8) is 0 Å². The van der Waals surface area contributed by atoms with Crippen molar-refractivity contribution in [2.24, 2.45) is 0 Å². The minimum absolute atomic E-state index is 0.190. The zero-order valence-electron chi connectivity index (χ0n) is 17.8. The molecule has 0 amide bonds. The van der Waals surface area contributed by atoms with E-state index in [1.165, 1.54) is 23.0 Å². The standard InChI is InChI=1S/C26H18N4O4/c31-24-20-13-19(17-9-5-2-6-10-17)25(32)30(15-16-7-3-1-4-8-16)23(20)21(29-22(24)26(33)34)18-11-12-27-28-14-18/h1-14,31H,15H2,(H,33,34). The first-order valence-electron chi connectivity index (χ1n) is 10.4. The van der Waals surface area contributed by atoms with Crippen LogP contribution in [0.15, 0.2) is 90.0 Å². The number of carbonyl (C=O) groups is 1. The summed E-state index contributed by atoms with van der Waals surface area (Å²) in [5.74, 6) is -1.89. The maximum absolute atomic E-state index is 13.8. The molecule has 3 heterocycles. The van der Waals surface area contributed by atoms with E-state index < -0.39 is 17.4 Å². The second kappa shape index (κ2) is 8.59. The lowest BCUT2D eigenvalue weighted by atomic mass is 10.0. The summed E-state index contributed by atoms with van der Waals surface area (Å²) in [6.07, 6.45) is 2.89. The van der Waals surface area contributed by atoms with Crippen LogP contribution in [0.3, 0.4) is 0 Å². The Morgan fingerprint density at radius 1 is 0.912 bits per heavy atom. The normalized spacial score (nSPS) is 10.9. The van der Waals surface area contributed by atoms with E-state index in [1.807, 2.05) is 48.5 Å². The number of fused-ring (bicyclic) bond motifs is 1. The third kappa shape index (κ3) is 3.67. The van der Waals surface area contributed by atoms with E-state index in [0.29, 0.717) is 22.2 Å². The van der Waals surface area contributed by atoms with Gasteiger partial charge in [0.05, 0.1) is 30.1 Å². The lowest BCUT2D eigenvalue weighted by Gasteiger charge is -2.18. The Morgan fingerprint density at radius 2 is 1.62 bits per heavy atom. The summed E-state index contributed by atoms with van der Waals surface area (Å²) in [6, 6.07) is 21.6. The highest BCUT2D eigenvalue weighted by molar-refractivity contribution is 6.03. The van der Waals surface area contributed by atoms with E-state index >= 15 is 0 Å². The summed E-state index contributed by atoms with van der Waals surface area (Å²) in [4.78, 5) is 30.0. The van der Waals surface area contributed by atoms with Crippen molar-refractivity contribution in [1.29, 1.82) is 0 Å². The van der Waals surface area contributed by atoms with Crippen LogP contribution in [-0.4, -0.2) is 35.9 Å². The first kappa shape index (κ1) is 21.0. The zero-order valence-corrected chi connectivity index (χ0v) is 17.8. The molecule has 0 aliphatic carbocycles. The number of benzene rings is 2. The summed E-state index contributed by atoms with van der Waals surface area (Å²) in [7, 11) is 0. The predicted molar refractivity (Wildman–Crippen MR) is 127 cm³/mol. The molecule has 8 heteroatoms. The van der Waals surface area contributed by atoms with E-state index in [0.717, 1.165) is 5.56 Å². The molecule has 2 aromatic carbocycles. The minimum Gasteiger partial charge on any atom is -0.505 e. The minimum atomic E-state index is -1.38. The summed E-state index contributed by atoms with van der Waals surface area (Å²) in [6.45, 7) is 0.190. The molecule has 8 nitrogen and oxygen atoms in total. The van der Waals surface area contributed by atoms with Gasteiger partial charge in [0, 0.05) is 16.5 Å². The van der Waals surface area contributed by atoms with E-state index in [9.17, 15) is 19.8 Å². The van der Waals surface area contributed by atoms with Crippen LogP contribution in [0.1, 0.15) is 16.1 Å². The molecule has 0 saturated heterocycles. The van der Waals surface area contributed by atoms with Gasteiger partial charge >= 0.3 is 5.97 Å². The third-order valence-corrected chi connectivity index (χ3v) is 5.55. The van der Waals surface area contributed by atoms with Crippen molar-refractivity contribution in [2.45, 2.75) is 6.54 Å². The molecular formula is C26H18N4O4. The van der Waals surface area contributed by atoms with Crippen LogP contribution in [0.2, 0.25) is 0 Å². The van der Waals surface area contributed by atoms with Gasteiger partial charge in [0.1, 0.15) is 0 Å². The molecule has 166 valence electrons. The molecule has 0 saturated carbocycles. The molecule has 0 atom stereocenters. The molecular weight excluding hydrogens is 432 g/mol. The van der Waals surface area contributed by atoms with Gasteiger partial charge in [-0.25, -0.2) is 9.78 Å². The second-order valence-electron chi connectivity index (χ2n) is 7.66. The van der Waals surface area contributed by atoms with Crippen molar-refractivity contribution in [1.82, 2.24) is 19.7 Å². The van der Waals surface area contributed by atoms with Crippen molar-refractivity contribution in [3.8, 4) is 28.1 Å². The molecule has 5 rings (SSSR count). The molecule has 0 radical (unpaired) electrons. The topological polar surface area (TPSA) is 118 Å². The summed E-state index contributed by atoms with van der Waals surface area (Å²) < 4.78 is 1.51. The molecule has 0 bridgehead atoms. The number of pyridine rings is 2. The van der Waals surface area contributed by atoms with Gasteiger partial charge in [0.25, 0.3) is 5.56 Å². The number of rotatable bonds is 5. The van der Waals surface area contributed by atoms with Crippen molar-refractivity contribution < 1.29 is 15.0 Å². The molecule has 2 N–H and O–H groups in total. The molecule has 0 spiro atoms. The van der Waals surface area contributed by atoms with Crippen LogP contribution in [-0.2, 0) is 6.54 Å². The first-order valence-corrected chi connectivity index (χ1v) is 10.4. The Hall–Kier alpha value is -4.85. The van der Waals surface area contributed by atoms with Gasteiger partial charge in [0.2, 0.25) is 0 Å². The number of hydrogen-bond acceptors (Lipinski definition) is 6. The van der Waals surface area contributed by atoms with Crippen LogP contribution in [0.4, 0.5) is 0 Å². The van der Waals surface area contributed by atoms with E-state index in [1.54, 1.807) is 18.2 Å². The third-order valence-electron chi connectivity index (χ3n) is 5.55. The number of aromatic carboxylic acids is 1. The second-order valence-corrected chi connectivity index (χ2v) is 7.66. The van der Waals surface area contributed by atoms with Crippen LogP contribution >= 0.6 is 0 Å². The molecule has 3 aromatic heterocycles. The van der Waals surface area contributed by atoms with Gasteiger partial charge < -0.3 is 14.8 Å². The lowest BCUT2D eigenvalue weighted by molar-refractivity contribution is 0.0687. The van der Waals surface area contributed by atoms with Crippen LogP contribution in [0.25, 0.3) is 33.3 Å². The number of aromatic hydroxyl groups is 1. The highest BCUT2D eigenvalue weighted by Gasteiger charge is 2.24. The largest absolute Gasteiger partial charge is 0.505 e. The maximum atomic E-state index is 13.8. The van der Waals surface area contributed by atoms with Crippen LogP contribution in [0, 0.1) is 0 Å². The maximum Gasteiger partial charge on any atom is 0.358 e. The number of nitrogens with zero attached hydrogens (tertiary/aromatic N) is 4. The van der Waals surface area contributed by atoms with Crippen LogP contribution in [0.5, 0.6) is 5.75 Å². The average molecular weight is 450 g/mol. The Balaban J connectivity index is 1.94. The molecule has 0 fully saturated rings. The molecule has 0 aliphatic rings. The number of hydrogen-bond donors (Lipinski definition) is 2. The zero-order chi connectivity index (χ0) is 23.7. The molecule has 0 aliphatic heterocycles. The highest BCUT2D eigenvalue weighted by Crippen LogP contribution is 2.36. The number of aromatic nitrogens is 4. The van der Waals surface area contributed by atoms with E-state index in [-0.39, 0.29) is 23.2 Å². The number of carboxylic acids is 1. The fraction of sp³-hybridized carbons (Fsp3) is 0.0385. The summed E-state index contributed by atoms with van der Waals surface area (Å²) >= 11 is 0. The Labute approximate surface area is 193 Å². The fourth-order valence-corrected chi connectivity index (χ4v) is 3.97. The first-order chi connectivity index (χ1) is 16.5. The fourth-order valence-electron chi connectivity index (χ4n) is 3.97. The Bertz CT molecular complexity index is 1570. The number of carboxylic acid groups (broad SMARTS) is 1. The van der Waals surface area contributed by atoms with Gasteiger partial charge in [-0.05, 0) is 23.3 Å². The Kier molecular flexibility index (Phi) is 5.31. The lowest BCUT2D eigenvalue weighted by Crippen LogP contribution is -2.24. The van der Waals surface area contributed by atoms with Gasteiger partial charge in [-0.1, -0.05) is 60.7 Å². The summed E-state index contributed by atoms with van der Waals surface area (Å²) in [5, 5.41) is 28.5. The van der Waals surface area contributed by atoms with Crippen molar-refractivity contribution in [2.75, 3.05) is 0 Å². The molecule has 5 aromatic rings. The smallest absolute Gasteiger partial charge is 0.358 e. The summed E-state index contributed by atoms with van der Waals surface area (Å²) in [5.41, 5.74) is 2.03. The molecule has 0 unspecified atom stereocenters. The quantitative estimate of drug-likeness (QED) is 0.416. The van der Waals surface area contributed by atoms with Gasteiger partial charge in [-0.3, -0.25) is 4.79 Å². The Morgan fingerprint density at radius 3 is 2.26 bits per heavy atom. The van der Waals surface area contributed by atoms with E-state index in [4.69, 9.17) is 0 Å². The van der Waals surface area contributed by atoms with Crippen LogP contribution < -0.4 is 5.56 Å². The van der Waals surface area contributed by atoms with Gasteiger partial charge in [-0.2, -0.15) is 10.2 Å². The van der Waals surface area contributed by atoms with Crippen molar-refractivity contribution in [3.05, 3.63) is 107 Å². The van der Waals surface area contributed by atoms with Gasteiger partial charge in [-0.15, -0.1) is 0 Å². The van der Waals surface area contributed by atoms with Crippen molar-refractivity contribution >= 4 is 16.9 Å². The van der Waals surface area contributed by atoms with Gasteiger partial charge in [0.15, 0.2) is 11.4 Å². The SMILES string of the molecule is O=C(O)c1nc(-c2ccnnc2)c2c(cc(-c3ccccc3)c(=O)n2Cc2ccccc2)c1O. The predicted octanol–water partition coefficient (Wildman–Crippen LogP) is 3.97.